The molecule has 0 aromatic carbocycles. The minimum atomic E-state index is 0.494. The second-order valence-electron chi connectivity index (χ2n) is 0.747. The standard InChI is InChI=1S/C4H4N2O/c5-2-1-3-6-4-7/h1,3-4H,(H,6,7)/b3-1+. The number of nitrogens with one attached hydrogen (secondary N) is 1. The zero-order chi connectivity index (χ0) is 5.54. The first kappa shape index (κ1) is 5.70. The van der Waals surface area contributed by atoms with Crippen molar-refractivity contribution >= 4 is 6.41 Å². The Kier molecular flexibility index (Phi) is 3.83. The van der Waals surface area contributed by atoms with Gasteiger partial charge in [-0.1, -0.05) is 0 Å². The summed E-state index contributed by atoms with van der Waals surface area (Å²) in [6.45, 7) is 0. The quantitative estimate of drug-likeness (QED) is 0.381. The van der Waals surface area contributed by atoms with Gasteiger partial charge >= 0.3 is 0 Å². The minimum absolute atomic E-state index is 0.494. The summed E-state index contributed by atoms with van der Waals surface area (Å²) in [5.74, 6) is 0. The van der Waals surface area contributed by atoms with Gasteiger partial charge in [-0.05, 0) is 0 Å². The lowest BCUT2D eigenvalue weighted by atomic mass is 10.7. The molecule has 0 aromatic rings. The maximum atomic E-state index is 9.41. The lowest BCUT2D eigenvalue weighted by molar-refractivity contribution is -0.108. The van der Waals surface area contributed by atoms with Gasteiger partial charge in [0.05, 0.1) is 6.07 Å². The molecular weight excluding hydrogens is 92.1 g/mol. The predicted octanol–water partition coefficient (Wildman–Crippen LogP) is -0.230. The van der Waals surface area contributed by atoms with Crippen LogP contribution in [-0.2, 0) is 4.79 Å². The van der Waals surface area contributed by atoms with Gasteiger partial charge in [-0.25, -0.2) is 0 Å². The molecule has 0 aliphatic rings. The average Bonchev–Trinajstić information content (AvgIpc) is 1.69. The fraction of sp³-hybridized carbons (Fsp3) is 0. The maximum Gasteiger partial charge on any atom is 0.211 e. The van der Waals surface area contributed by atoms with Crippen LogP contribution in [0.4, 0.5) is 0 Å². The molecule has 0 aliphatic carbocycles. The van der Waals surface area contributed by atoms with Crippen LogP contribution in [0.3, 0.4) is 0 Å². The van der Waals surface area contributed by atoms with Gasteiger partial charge < -0.3 is 5.32 Å². The molecule has 1 amide bonds. The SMILES string of the molecule is N#C/C=C/NC=O. The van der Waals surface area contributed by atoms with Crippen LogP contribution in [0.5, 0.6) is 0 Å². The maximum absolute atomic E-state index is 9.41. The summed E-state index contributed by atoms with van der Waals surface area (Å²) < 4.78 is 0. The summed E-state index contributed by atoms with van der Waals surface area (Å²) in [6.07, 6.45) is 2.93. The third kappa shape index (κ3) is 4.70. The Morgan fingerprint density at radius 3 is 2.86 bits per heavy atom. The molecule has 0 aliphatic heterocycles. The zero-order valence-corrected chi connectivity index (χ0v) is 3.59. The third-order valence-corrected chi connectivity index (χ3v) is 0.322. The highest BCUT2D eigenvalue weighted by molar-refractivity contribution is 5.47. The van der Waals surface area contributed by atoms with E-state index in [4.69, 9.17) is 5.26 Å². The summed E-state index contributed by atoms with van der Waals surface area (Å²) in [4.78, 5) is 9.41. The van der Waals surface area contributed by atoms with Gasteiger partial charge in [0.1, 0.15) is 0 Å². The monoisotopic (exact) mass is 96.0 g/mol. The van der Waals surface area contributed by atoms with Crippen molar-refractivity contribution in [2.45, 2.75) is 0 Å². The van der Waals surface area contributed by atoms with E-state index in [1.54, 1.807) is 6.07 Å². The topological polar surface area (TPSA) is 52.9 Å². The van der Waals surface area contributed by atoms with E-state index >= 15 is 0 Å². The summed E-state index contributed by atoms with van der Waals surface area (Å²) in [5.41, 5.74) is 0. The summed E-state index contributed by atoms with van der Waals surface area (Å²) in [6, 6.07) is 1.70. The molecule has 7 heavy (non-hydrogen) atoms. The molecule has 0 spiro atoms. The molecule has 0 bridgehead atoms. The second kappa shape index (κ2) is 4.70. The van der Waals surface area contributed by atoms with Gasteiger partial charge in [0.2, 0.25) is 6.41 Å². The first-order chi connectivity index (χ1) is 3.41. The van der Waals surface area contributed by atoms with Crippen LogP contribution in [-0.4, -0.2) is 6.41 Å². The van der Waals surface area contributed by atoms with Crippen molar-refractivity contribution in [3.63, 3.8) is 0 Å². The fourth-order valence-electron chi connectivity index (χ4n) is 0.125. The Bertz CT molecular complexity index is 111. The number of rotatable bonds is 2. The van der Waals surface area contributed by atoms with E-state index in [2.05, 4.69) is 5.32 Å². The van der Waals surface area contributed by atoms with Crippen LogP contribution in [0, 0.1) is 11.3 Å². The van der Waals surface area contributed by atoms with Gasteiger partial charge in [0, 0.05) is 12.3 Å². The highest BCUT2D eigenvalue weighted by Gasteiger charge is 1.60. The molecule has 0 saturated carbocycles. The van der Waals surface area contributed by atoms with E-state index in [0.29, 0.717) is 6.41 Å². The molecule has 0 atom stereocenters. The molecule has 1 N–H and O–H groups in total. The van der Waals surface area contributed by atoms with Crippen molar-refractivity contribution in [1.82, 2.24) is 5.32 Å². The highest BCUT2D eigenvalue weighted by Crippen LogP contribution is 1.55. The van der Waals surface area contributed by atoms with E-state index in [1.807, 2.05) is 0 Å². The molecule has 3 nitrogen and oxygen atoms in total. The number of hydrogen-bond acceptors (Lipinski definition) is 2. The van der Waals surface area contributed by atoms with Crippen molar-refractivity contribution in [1.29, 1.82) is 5.26 Å². The first-order valence-electron chi connectivity index (χ1n) is 1.66. The normalized spacial score (nSPS) is 7.86. The van der Waals surface area contributed by atoms with Crippen molar-refractivity contribution in [2.75, 3.05) is 0 Å². The number of amides is 1. The summed E-state index contributed by atoms with van der Waals surface area (Å²) in [5, 5.41) is 9.97. The van der Waals surface area contributed by atoms with E-state index in [0.717, 1.165) is 0 Å². The Balaban J connectivity index is 3.14. The molecule has 0 heterocycles. The Hall–Kier alpha value is -1.30. The Morgan fingerprint density at radius 1 is 1.71 bits per heavy atom. The number of carbonyl (C=O) groups excluding carboxylic acids is 1. The van der Waals surface area contributed by atoms with E-state index in [-0.39, 0.29) is 0 Å². The number of nitrogens with zero attached hydrogens (tertiary/aromatic N) is 1. The average molecular weight is 96.1 g/mol. The minimum Gasteiger partial charge on any atom is -0.335 e. The number of nitriles is 1. The zero-order valence-electron chi connectivity index (χ0n) is 3.59. The van der Waals surface area contributed by atoms with Crippen LogP contribution in [0.1, 0.15) is 0 Å². The largest absolute Gasteiger partial charge is 0.335 e. The molecule has 0 rings (SSSR count). The van der Waals surface area contributed by atoms with Gasteiger partial charge in [-0.2, -0.15) is 5.26 Å². The number of hydrogen-bond donors (Lipinski definition) is 1. The van der Waals surface area contributed by atoms with Crippen LogP contribution >= 0.6 is 0 Å². The van der Waals surface area contributed by atoms with Crippen LogP contribution < -0.4 is 5.32 Å². The summed E-state index contributed by atoms with van der Waals surface area (Å²) >= 11 is 0. The van der Waals surface area contributed by atoms with Gasteiger partial charge in [0.15, 0.2) is 0 Å². The highest BCUT2D eigenvalue weighted by atomic mass is 16.1. The first-order valence-corrected chi connectivity index (χ1v) is 1.66. The van der Waals surface area contributed by atoms with Gasteiger partial charge in [-0.3, -0.25) is 4.79 Å². The Morgan fingerprint density at radius 2 is 2.43 bits per heavy atom. The van der Waals surface area contributed by atoms with E-state index in [1.165, 1.54) is 12.3 Å². The van der Waals surface area contributed by atoms with Crippen molar-refractivity contribution in [3.8, 4) is 6.07 Å². The molecule has 0 saturated heterocycles. The van der Waals surface area contributed by atoms with Crippen LogP contribution in [0.15, 0.2) is 12.3 Å². The van der Waals surface area contributed by atoms with Crippen molar-refractivity contribution < 1.29 is 4.79 Å². The lowest BCUT2D eigenvalue weighted by Gasteiger charge is -1.73. The molecular formula is C4H4N2O. The van der Waals surface area contributed by atoms with Gasteiger partial charge in [0.25, 0.3) is 0 Å². The smallest absolute Gasteiger partial charge is 0.211 e. The Labute approximate surface area is 41.2 Å². The molecule has 0 radical (unpaired) electrons. The van der Waals surface area contributed by atoms with E-state index < -0.39 is 0 Å². The summed E-state index contributed by atoms with van der Waals surface area (Å²) in [7, 11) is 0. The molecule has 36 valence electrons. The molecule has 0 aromatic heterocycles. The number of carbonyl (C=O) groups is 1. The lowest BCUT2D eigenvalue weighted by Crippen LogP contribution is -1.97. The van der Waals surface area contributed by atoms with E-state index in [9.17, 15) is 4.79 Å². The predicted molar refractivity (Wildman–Crippen MR) is 24.0 cm³/mol. The fourth-order valence-corrected chi connectivity index (χ4v) is 0.125. The van der Waals surface area contributed by atoms with Gasteiger partial charge in [-0.15, -0.1) is 0 Å². The molecule has 0 fully saturated rings. The van der Waals surface area contributed by atoms with Crippen LogP contribution in [0.25, 0.3) is 0 Å². The molecule has 3 heteroatoms. The van der Waals surface area contributed by atoms with Crippen molar-refractivity contribution in [2.24, 2.45) is 0 Å². The second-order valence-corrected chi connectivity index (χ2v) is 0.747. The van der Waals surface area contributed by atoms with Crippen molar-refractivity contribution in [3.05, 3.63) is 12.3 Å². The third-order valence-electron chi connectivity index (χ3n) is 0.322. The molecule has 0 unspecified atom stereocenters. The van der Waals surface area contributed by atoms with Crippen LogP contribution in [0.2, 0.25) is 0 Å². The number of allylic oxidation sites excluding steroid dienone is 1.